The number of nitrogens with zero attached hydrogens (tertiary/aromatic N) is 1. The zero-order valence-electron chi connectivity index (χ0n) is 4.97. The highest BCUT2D eigenvalue weighted by Gasteiger charge is 1.81. The molecule has 0 aliphatic carbocycles. The highest BCUT2D eigenvalue weighted by molar-refractivity contribution is 5.65. The summed E-state index contributed by atoms with van der Waals surface area (Å²) in [6, 6.07) is 0. The van der Waals surface area contributed by atoms with Gasteiger partial charge in [0.2, 0.25) is 0 Å². The van der Waals surface area contributed by atoms with E-state index in [1.807, 2.05) is 0 Å². The first-order valence-corrected chi connectivity index (χ1v) is 2.13. The van der Waals surface area contributed by atoms with Gasteiger partial charge >= 0.3 is 5.97 Å². The van der Waals surface area contributed by atoms with Crippen LogP contribution in [-0.2, 0) is 9.53 Å². The number of rotatable bonds is 1. The van der Waals surface area contributed by atoms with Gasteiger partial charge in [-0.1, -0.05) is 0 Å². The molecular formula is C5H8NO2-. The van der Waals surface area contributed by atoms with Crippen LogP contribution in [0.1, 0.15) is 13.8 Å². The topological polar surface area (TPSA) is 50.1 Å². The molecule has 0 amide bonds. The standard InChI is InChI=1S/C4H8O2.CN/c1-3-6-4(2)5;1-2/h3H2,1-2H3;/q;-1. The first kappa shape index (κ1) is 10.0. The van der Waals surface area contributed by atoms with Gasteiger partial charge in [-0.05, 0) is 6.92 Å². The maximum absolute atomic E-state index is 9.82. The minimum absolute atomic E-state index is 0.211. The quantitative estimate of drug-likeness (QED) is 0.371. The third kappa shape index (κ3) is 20.2. The van der Waals surface area contributed by atoms with Crippen molar-refractivity contribution in [3.05, 3.63) is 6.57 Å². The summed E-state index contributed by atoms with van der Waals surface area (Å²) in [6.45, 7) is 8.40. The smallest absolute Gasteiger partial charge is 0.302 e. The molecule has 0 saturated heterocycles. The lowest BCUT2D eigenvalue weighted by molar-refractivity contribution is -0.140. The van der Waals surface area contributed by atoms with E-state index >= 15 is 0 Å². The molecule has 0 rings (SSSR count). The molecule has 3 nitrogen and oxygen atoms in total. The first-order chi connectivity index (χ1) is 3.77. The van der Waals surface area contributed by atoms with Crippen molar-refractivity contribution in [1.82, 2.24) is 0 Å². The molecule has 0 spiro atoms. The van der Waals surface area contributed by atoms with Crippen LogP contribution in [0.15, 0.2) is 0 Å². The number of hydrogen-bond donors (Lipinski definition) is 0. The van der Waals surface area contributed by atoms with Gasteiger partial charge in [0.15, 0.2) is 0 Å². The van der Waals surface area contributed by atoms with Crippen LogP contribution in [0.2, 0.25) is 0 Å². The molecule has 0 aromatic rings. The van der Waals surface area contributed by atoms with Crippen molar-refractivity contribution in [1.29, 1.82) is 5.26 Å². The Balaban J connectivity index is 0. The summed E-state index contributed by atoms with van der Waals surface area (Å²) in [6.07, 6.45) is 0. The molecule has 46 valence electrons. The van der Waals surface area contributed by atoms with E-state index in [4.69, 9.17) is 11.8 Å². The molecule has 0 aliphatic heterocycles. The van der Waals surface area contributed by atoms with Gasteiger partial charge in [0.25, 0.3) is 0 Å². The Morgan fingerprint density at radius 3 is 2.12 bits per heavy atom. The highest BCUT2D eigenvalue weighted by Crippen LogP contribution is 1.69. The van der Waals surface area contributed by atoms with Gasteiger partial charge < -0.3 is 16.6 Å². The lowest BCUT2D eigenvalue weighted by Crippen LogP contribution is -1.95. The zero-order chi connectivity index (χ0) is 6.99. The maximum atomic E-state index is 9.82. The van der Waals surface area contributed by atoms with E-state index in [2.05, 4.69) is 4.74 Å². The zero-order valence-corrected chi connectivity index (χ0v) is 4.97. The SMILES string of the molecule is CCOC(C)=O.[C-]#N. The molecule has 0 atom stereocenters. The van der Waals surface area contributed by atoms with Gasteiger partial charge in [0.05, 0.1) is 6.61 Å². The molecule has 0 aromatic carbocycles. The van der Waals surface area contributed by atoms with E-state index < -0.39 is 0 Å². The average Bonchev–Trinajstić information content (AvgIpc) is 1.72. The van der Waals surface area contributed by atoms with E-state index in [0.717, 1.165) is 0 Å². The summed E-state index contributed by atoms with van der Waals surface area (Å²) in [5.74, 6) is -0.211. The number of carbonyl (C=O) groups excluding carboxylic acids is 1. The lowest BCUT2D eigenvalue weighted by Gasteiger charge is -1.89. The predicted octanol–water partition coefficient (Wildman–Crippen LogP) is 0.666. The molecule has 0 aromatic heterocycles. The Kier molecular flexibility index (Phi) is 11.7. The summed E-state index contributed by atoms with van der Waals surface area (Å²) in [5, 5.41) is 6.25. The summed E-state index contributed by atoms with van der Waals surface area (Å²) >= 11 is 0. The fraction of sp³-hybridized carbons (Fsp3) is 0.600. The van der Waals surface area contributed by atoms with Crippen LogP contribution in [0.3, 0.4) is 0 Å². The van der Waals surface area contributed by atoms with Gasteiger partial charge in [0.1, 0.15) is 0 Å². The van der Waals surface area contributed by atoms with Crippen molar-refractivity contribution in [2.24, 2.45) is 0 Å². The monoisotopic (exact) mass is 114 g/mol. The molecule has 3 heteroatoms. The lowest BCUT2D eigenvalue weighted by atomic mass is 10.8. The van der Waals surface area contributed by atoms with E-state index in [1.165, 1.54) is 6.92 Å². The van der Waals surface area contributed by atoms with Gasteiger partial charge in [-0.2, -0.15) is 0 Å². The molecule has 8 heavy (non-hydrogen) atoms. The van der Waals surface area contributed by atoms with Gasteiger partial charge in [-0.3, -0.25) is 4.79 Å². The van der Waals surface area contributed by atoms with E-state index in [-0.39, 0.29) is 5.97 Å². The van der Waals surface area contributed by atoms with Crippen molar-refractivity contribution >= 4 is 5.97 Å². The number of carbonyl (C=O) groups is 1. The molecular weight excluding hydrogens is 106 g/mol. The second-order valence-electron chi connectivity index (χ2n) is 0.925. The number of hydrogen-bond acceptors (Lipinski definition) is 3. The summed E-state index contributed by atoms with van der Waals surface area (Å²) < 4.78 is 4.40. The summed E-state index contributed by atoms with van der Waals surface area (Å²) in [7, 11) is 0. The second-order valence-corrected chi connectivity index (χ2v) is 0.925. The van der Waals surface area contributed by atoms with Crippen LogP contribution in [0, 0.1) is 11.8 Å². The van der Waals surface area contributed by atoms with E-state index in [0.29, 0.717) is 6.61 Å². The van der Waals surface area contributed by atoms with Crippen LogP contribution in [-0.4, -0.2) is 12.6 Å². The molecule has 0 bridgehead atoms. The van der Waals surface area contributed by atoms with Crippen molar-refractivity contribution in [2.45, 2.75) is 13.8 Å². The Labute approximate surface area is 48.9 Å². The first-order valence-electron chi connectivity index (χ1n) is 2.13. The van der Waals surface area contributed by atoms with Gasteiger partial charge in [0, 0.05) is 6.92 Å². The molecule has 0 saturated carbocycles. The predicted molar refractivity (Wildman–Crippen MR) is 27.3 cm³/mol. The van der Waals surface area contributed by atoms with Crippen molar-refractivity contribution < 1.29 is 9.53 Å². The Bertz CT molecular complexity index is 77.7. The third-order valence-electron chi connectivity index (χ3n) is 0.348. The Morgan fingerprint density at radius 1 is 1.75 bits per heavy atom. The Morgan fingerprint density at radius 2 is 2.12 bits per heavy atom. The van der Waals surface area contributed by atoms with Crippen molar-refractivity contribution in [3.8, 4) is 0 Å². The molecule has 0 heterocycles. The molecule has 0 radical (unpaired) electrons. The van der Waals surface area contributed by atoms with Crippen LogP contribution in [0.25, 0.3) is 0 Å². The minimum atomic E-state index is -0.211. The average molecular weight is 114 g/mol. The number of esters is 1. The number of ether oxygens (including phenoxy) is 1. The van der Waals surface area contributed by atoms with E-state index in [1.54, 1.807) is 6.92 Å². The summed E-state index contributed by atoms with van der Waals surface area (Å²) in [4.78, 5) is 9.82. The van der Waals surface area contributed by atoms with Gasteiger partial charge in [-0.15, -0.1) is 0 Å². The highest BCUT2D eigenvalue weighted by atomic mass is 16.5. The molecule has 0 N–H and O–H groups in total. The van der Waals surface area contributed by atoms with Crippen molar-refractivity contribution in [3.63, 3.8) is 0 Å². The molecule has 0 aliphatic rings. The third-order valence-corrected chi connectivity index (χ3v) is 0.348. The second kappa shape index (κ2) is 9.35. The fourth-order valence-electron chi connectivity index (χ4n) is 0.203. The van der Waals surface area contributed by atoms with Gasteiger partial charge in [-0.25, -0.2) is 0 Å². The fourth-order valence-corrected chi connectivity index (χ4v) is 0.203. The van der Waals surface area contributed by atoms with Crippen LogP contribution in [0.4, 0.5) is 0 Å². The largest absolute Gasteiger partial charge is 0.512 e. The normalized spacial score (nSPS) is 6.00. The molecule has 0 unspecified atom stereocenters. The van der Waals surface area contributed by atoms with Crippen LogP contribution in [0.5, 0.6) is 0 Å². The Hall–Kier alpha value is -1.04. The molecule has 0 fully saturated rings. The van der Waals surface area contributed by atoms with E-state index in [9.17, 15) is 4.79 Å². The maximum Gasteiger partial charge on any atom is 0.302 e. The van der Waals surface area contributed by atoms with Crippen LogP contribution < -0.4 is 0 Å². The summed E-state index contributed by atoms with van der Waals surface area (Å²) in [5.41, 5.74) is 0. The minimum Gasteiger partial charge on any atom is -0.512 e. The van der Waals surface area contributed by atoms with Crippen LogP contribution >= 0.6 is 0 Å². The van der Waals surface area contributed by atoms with Crippen molar-refractivity contribution in [2.75, 3.05) is 6.61 Å².